The van der Waals surface area contributed by atoms with E-state index in [1.807, 2.05) is 0 Å². The van der Waals surface area contributed by atoms with Crippen LogP contribution in [0, 0.1) is 0 Å². The maximum atomic E-state index is 11.9. The third-order valence-electron chi connectivity index (χ3n) is 2.41. The SMILES string of the molecule is O=C(O)c1cc(Br)ccc1NCCCCC(F)(F)F. The number of alkyl halides is 3. The van der Waals surface area contributed by atoms with Crippen LogP contribution in [0.1, 0.15) is 29.6 Å². The van der Waals surface area contributed by atoms with E-state index in [2.05, 4.69) is 21.2 Å². The molecule has 0 aliphatic heterocycles. The number of benzene rings is 1. The normalized spacial score (nSPS) is 11.4. The van der Waals surface area contributed by atoms with E-state index in [0.717, 1.165) is 0 Å². The fraction of sp³-hybridized carbons (Fsp3) is 0.417. The van der Waals surface area contributed by atoms with Gasteiger partial charge in [-0.2, -0.15) is 13.2 Å². The van der Waals surface area contributed by atoms with Gasteiger partial charge in [0.05, 0.1) is 5.56 Å². The molecular formula is C12H13BrF3NO2. The van der Waals surface area contributed by atoms with Crippen molar-refractivity contribution < 1.29 is 23.1 Å². The van der Waals surface area contributed by atoms with Gasteiger partial charge in [-0.3, -0.25) is 0 Å². The van der Waals surface area contributed by atoms with Crippen molar-refractivity contribution in [2.75, 3.05) is 11.9 Å². The lowest BCUT2D eigenvalue weighted by Gasteiger charge is -2.10. The van der Waals surface area contributed by atoms with Crippen LogP contribution in [-0.2, 0) is 0 Å². The molecule has 19 heavy (non-hydrogen) atoms. The van der Waals surface area contributed by atoms with Gasteiger partial charge in [0.1, 0.15) is 0 Å². The molecule has 0 heterocycles. The van der Waals surface area contributed by atoms with Crippen molar-refractivity contribution in [2.24, 2.45) is 0 Å². The lowest BCUT2D eigenvalue weighted by atomic mass is 10.1. The molecule has 0 atom stereocenters. The van der Waals surface area contributed by atoms with E-state index in [4.69, 9.17) is 5.11 Å². The summed E-state index contributed by atoms with van der Waals surface area (Å²) in [5, 5.41) is 11.8. The zero-order valence-electron chi connectivity index (χ0n) is 9.93. The summed E-state index contributed by atoms with van der Waals surface area (Å²) in [5.41, 5.74) is 0.493. The standard InChI is InChI=1S/C12H13BrF3NO2/c13-8-3-4-10(9(7-8)11(18)19)17-6-2-1-5-12(14,15)16/h3-4,7,17H,1-2,5-6H2,(H,18,19). The first-order valence-electron chi connectivity index (χ1n) is 5.63. The molecule has 1 aromatic carbocycles. The van der Waals surface area contributed by atoms with Gasteiger partial charge < -0.3 is 10.4 Å². The number of rotatable bonds is 6. The minimum Gasteiger partial charge on any atom is -0.478 e. The Morgan fingerprint density at radius 3 is 2.58 bits per heavy atom. The van der Waals surface area contributed by atoms with Crippen molar-refractivity contribution in [2.45, 2.75) is 25.4 Å². The van der Waals surface area contributed by atoms with E-state index in [1.54, 1.807) is 12.1 Å². The van der Waals surface area contributed by atoms with Gasteiger partial charge in [0.25, 0.3) is 0 Å². The second-order valence-electron chi connectivity index (χ2n) is 3.99. The van der Waals surface area contributed by atoms with Crippen LogP contribution in [0.5, 0.6) is 0 Å². The highest BCUT2D eigenvalue weighted by Gasteiger charge is 2.25. The van der Waals surface area contributed by atoms with Crippen LogP contribution in [0.2, 0.25) is 0 Å². The Balaban J connectivity index is 2.47. The highest BCUT2D eigenvalue weighted by Crippen LogP contribution is 2.23. The first-order valence-corrected chi connectivity index (χ1v) is 6.42. The van der Waals surface area contributed by atoms with Crippen LogP contribution >= 0.6 is 15.9 Å². The number of nitrogens with one attached hydrogen (secondary N) is 1. The molecular weight excluding hydrogens is 327 g/mol. The minimum absolute atomic E-state index is 0.0232. The predicted molar refractivity (Wildman–Crippen MR) is 69.5 cm³/mol. The smallest absolute Gasteiger partial charge is 0.389 e. The Morgan fingerprint density at radius 1 is 1.32 bits per heavy atom. The molecule has 0 radical (unpaired) electrons. The summed E-state index contributed by atoms with van der Waals surface area (Å²) in [6, 6.07) is 4.70. The minimum atomic E-state index is -4.14. The average Bonchev–Trinajstić information content (AvgIpc) is 2.28. The summed E-state index contributed by atoms with van der Waals surface area (Å²) in [7, 11) is 0. The molecule has 0 spiro atoms. The highest BCUT2D eigenvalue weighted by atomic mass is 79.9. The van der Waals surface area contributed by atoms with E-state index in [0.29, 0.717) is 23.1 Å². The highest BCUT2D eigenvalue weighted by molar-refractivity contribution is 9.10. The van der Waals surface area contributed by atoms with Crippen LogP contribution in [0.25, 0.3) is 0 Å². The van der Waals surface area contributed by atoms with Crippen LogP contribution in [0.15, 0.2) is 22.7 Å². The fourth-order valence-corrected chi connectivity index (χ4v) is 1.88. The Labute approximate surface area is 116 Å². The van der Waals surface area contributed by atoms with Crippen molar-refractivity contribution in [1.29, 1.82) is 0 Å². The number of hydrogen-bond donors (Lipinski definition) is 2. The molecule has 7 heteroatoms. The molecule has 2 N–H and O–H groups in total. The summed E-state index contributed by atoms with van der Waals surface area (Å²) in [4.78, 5) is 11.0. The molecule has 0 amide bonds. The van der Waals surface area contributed by atoms with E-state index >= 15 is 0 Å². The third kappa shape index (κ3) is 5.96. The van der Waals surface area contributed by atoms with E-state index < -0.39 is 18.6 Å². The van der Waals surface area contributed by atoms with Crippen molar-refractivity contribution in [3.63, 3.8) is 0 Å². The average molecular weight is 340 g/mol. The van der Waals surface area contributed by atoms with Crippen LogP contribution < -0.4 is 5.32 Å². The van der Waals surface area contributed by atoms with Crippen molar-refractivity contribution in [3.05, 3.63) is 28.2 Å². The molecule has 1 aromatic rings. The molecule has 0 saturated carbocycles. The van der Waals surface area contributed by atoms with Gasteiger partial charge in [0.2, 0.25) is 0 Å². The monoisotopic (exact) mass is 339 g/mol. The topological polar surface area (TPSA) is 49.3 Å². The van der Waals surface area contributed by atoms with Gasteiger partial charge in [-0.05, 0) is 31.0 Å². The summed E-state index contributed by atoms with van der Waals surface area (Å²) >= 11 is 3.16. The lowest BCUT2D eigenvalue weighted by Crippen LogP contribution is -2.10. The Bertz CT molecular complexity index is 449. The third-order valence-corrected chi connectivity index (χ3v) is 2.91. The number of carboxylic acid groups (broad SMARTS) is 1. The largest absolute Gasteiger partial charge is 0.478 e. The van der Waals surface area contributed by atoms with Crippen molar-refractivity contribution in [1.82, 2.24) is 0 Å². The van der Waals surface area contributed by atoms with Gasteiger partial charge in [0, 0.05) is 23.1 Å². The molecule has 1 rings (SSSR count). The van der Waals surface area contributed by atoms with Crippen LogP contribution in [0.4, 0.5) is 18.9 Å². The van der Waals surface area contributed by atoms with Crippen LogP contribution in [0.3, 0.4) is 0 Å². The first-order chi connectivity index (χ1) is 8.79. The maximum Gasteiger partial charge on any atom is 0.389 e. The number of anilines is 1. The summed E-state index contributed by atoms with van der Waals surface area (Å²) in [6.45, 7) is 0.304. The summed E-state index contributed by atoms with van der Waals surface area (Å²) in [6.07, 6.45) is -4.60. The van der Waals surface area contributed by atoms with E-state index in [9.17, 15) is 18.0 Å². The fourth-order valence-electron chi connectivity index (χ4n) is 1.52. The number of hydrogen-bond acceptors (Lipinski definition) is 2. The molecule has 0 aromatic heterocycles. The summed E-state index contributed by atoms with van der Waals surface area (Å²) in [5.74, 6) is -1.08. The van der Waals surface area contributed by atoms with Gasteiger partial charge >= 0.3 is 12.1 Å². The number of aromatic carboxylic acids is 1. The molecule has 0 aliphatic rings. The lowest BCUT2D eigenvalue weighted by molar-refractivity contribution is -0.135. The van der Waals surface area contributed by atoms with Gasteiger partial charge in [-0.25, -0.2) is 4.79 Å². The van der Waals surface area contributed by atoms with Gasteiger partial charge in [0.15, 0.2) is 0 Å². The van der Waals surface area contributed by atoms with Crippen molar-refractivity contribution in [3.8, 4) is 0 Å². The molecule has 0 bridgehead atoms. The van der Waals surface area contributed by atoms with Crippen molar-refractivity contribution >= 4 is 27.6 Å². The second kappa shape index (κ2) is 6.79. The van der Waals surface area contributed by atoms with E-state index in [-0.39, 0.29) is 12.0 Å². The zero-order valence-corrected chi connectivity index (χ0v) is 11.5. The predicted octanol–water partition coefficient (Wildman–Crippen LogP) is 4.29. The van der Waals surface area contributed by atoms with Gasteiger partial charge in [-0.15, -0.1) is 0 Å². The first kappa shape index (κ1) is 15.8. The Hall–Kier alpha value is -1.24. The molecule has 106 valence electrons. The number of carbonyl (C=O) groups is 1. The number of halogens is 4. The van der Waals surface area contributed by atoms with Gasteiger partial charge in [-0.1, -0.05) is 15.9 Å². The molecule has 0 saturated heterocycles. The number of unbranched alkanes of at least 4 members (excludes halogenated alkanes) is 1. The number of carboxylic acids is 1. The molecule has 0 unspecified atom stereocenters. The van der Waals surface area contributed by atoms with E-state index in [1.165, 1.54) is 6.07 Å². The molecule has 0 fully saturated rings. The summed E-state index contributed by atoms with van der Waals surface area (Å²) < 4.78 is 36.4. The molecule has 3 nitrogen and oxygen atoms in total. The molecule has 0 aliphatic carbocycles. The Morgan fingerprint density at radius 2 is 2.00 bits per heavy atom. The quantitative estimate of drug-likeness (QED) is 0.760. The van der Waals surface area contributed by atoms with Crippen LogP contribution in [-0.4, -0.2) is 23.8 Å². The Kier molecular flexibility index (Phi) is 5.65. The second-order valence-corrected chi connectivity index (χ2v) is 4.91. The maximum absolute atomic E-state index is 11.9. The zero-order chi connectivity index (χ0) is 14.5.